The molecule has 164 valence electrons. The van der Waals surface area contributed by atoms with Crippen molar-refractivity contribution in [2.75, 3.05) is 15.5 Å². The molecule has 8 heteroatoms. The lowest BCUT2D eigenvalue weighted by Gasteiger charge is -2.08. The van der Waals surface area contributed by atoms with E-state index in [1.54, 1.807) is 42.5 Å². The Bertz CT molecular complexity index is 1610. The lowest BCUT2D eigenvalue weighted by atomic mass is 10.1. The fraction of sp³-hybridized carbons (Fsp3) is 0. The van der Waals surface area contributed by atoms with Gasteiger partial charge in [0.25, 0.3) is 11.8 Å². The van der Waals surface area contributed by atoms with Crippen molar-refractivity contribution in [1.82, 2.24) is 4.98 Å². The number of amides is 4. The molecule has 0 bridgehead atoms. The van der Waals surface area contributed by atoms with Crippen LogP contribution in [0.5, 0.6) is 0 Å². The number of rotatable bonds is 3. The minimum Gasteiger partial charge on any atom is -0.308 e. The van der Waals surface area contributed by atoms with Crippen LogP contribution in [0.3, 0.4) is 0 Å². The van der Waals surface area contributed by atoms with E-state index in [4.69, 9.17) is 0 Å². The molecule has 1 aromatic heterocycles. The van der Waals surface area contributed by atoms with Gasteiger partial charge in [-0.25, -0.2) is 14.7 Å². The molecule has 0 fully saturated rings. The minimum absolute atomic E-state index is 0.305. The van der Waals surface area contributed by atoms with Gasteiger partial charge in [-0.1, -0.05) is 53.8 Å². The predicted molar refractivity (Wildman–Crippen MR) is 134 cm³/mol. The number of imide groups is 1. The molecule has 6 rings (SSSR count). The topological polar surface area (TPSA) is 91.4 Å². The molecule has 1 aliphatic heterocycles. The first-order valence-electron chi connectivity index (χ1n) is 10.5. The zero-order valence-electron chi connectivity index (χ0n) is 17.6. The summed E-state index contributed by atoms with van der Waals surface area (Å²) >= 11 is 1.22. The normalized spacial score (nSPS) is 12.9. The molecule has 34 heavy (non-hydrogen) atoms. The van der Waals surface area contributed by atoms with Crippen molar-refractivity contribution in [2.24, 2.45) is 0 Å². The quantitative estimate of drug-likeness (QED) is 0.326. The van der Waals surface area contributed by atoms with Gasteiger partial charge in [0.15, 0.2) is 0 Å². The number of carbonyl (C=O) groups excluding carboxylic acids is 3. The Hall–Kier alpha value is -4.56. The van der Waals surface area contributed by atoms with E-state index in [0.717, 1.165) is 20.4 Å². The molecule has 4 aromatic carbocycles. The smallest absolute Gasteiger partial charge is 0.308 e. The van der Waals surface area contributed by atoms with Gasteiger partial charge in [0.05, 0.1) is 21.3 Å². The Balaban J connectivity index is 1.22. The summed E-state index contributed by atoms with van der Waals surface area (Å²) in [6.07, 6.45) is 0. The average molecular weight is 465 g/mol. The van der Waals surface area contributed by atoms with Crippen molar-refractivity contribution in [2.45, 2.75) is 0 Å². The Morgan fingerprint density at radius 2 is 1.35 bits per heavy atom. The summed E-state index contributed by atoms with van der Waals surface area (Å²) in [6.45, 7) is 0. The molecule has 0 atom stereocenters. The number of nitrogens with one attached hydrogen (secondary N) is 2. The molecule has 2 N–H and O–H groups in total. The Morgan fingerprint density at radius 3 is 2.09 bits per heavy atom. The van der Waals surface area contributed by atoms with E-state index in [2.05, 4.69) is 15.6 Å². The largest absolute Gasteiger partial charge is 0.323 e. The summed E-state index contributed by atoms with van der Waals surface area (Å²) in [7, 11) is 0. The molecule has 0 spiro atoms. The molecular formula is C26H16N4O3S. The number of hydrogen-bond acceptors (Lipinski definition) is 5. The zero-order chi connectivity index (χ0) is 23.2. The highest BCUT2D eigenvalue weighted by molar-refractivity contribution is 7.22. The van der Waals surface area contributed by atoms with E-state index < -0.39 is 0 Å². The molecule has 1 aliphatic rings. The number of anilines is 3. The van der Waals surface area contributed by atoms with Gasteiger partial charge in [0.2, 0.25) is 5.13 Å². The highest BCUT2D eigenvalue weighted by Crippen LogP contribution is 2.35. The third-order valence-electron chi connectivity index (χ3n) is 5.63. The molecule has 5 aromatic rings. The fourth-order valence-corrected chi connectivity index (χ4v) is 5.01. The summed E-state index contributed by atoms with van der Waals surface area (Å²) in [4.78, 5) is 43.6. The molecule has 0 saturated heterocycles. The van der Waals surface area contributed by atoms with Gasteiger partial charge in [-0.05, 0) is 53.2 Å². The molecule has 0 radical (unpaired) electrons. The molecular weight excluding hydrogens is 448 g/mol. The van der Waals surface area contributed by atoms with Crippen molar-refractivity contribution in [3.8, 4) is 0 Å². The van der Waals surface area contributed by atoms with E-state index in [0.29, 0.717) is 33.1 Å². The second kappa shape index (κ2) is 7.79. The van der Waals surface area contributed by atoms with E-state index in [1.807, 2.05) is 42.5 Å². The monoisotopic (exact) mass is 464 g/mol. The highest BCUT2D eigenvalue weighted by atomic mass is 32.1. The summed E-state index contributed by atoms with van der Waals surface area (Å²) in [5.74, 6) is -0.763. The maximum Gasteiger partial charge on any atom is 0.323 e. The van der Waals surface area contributed by atoms with Crippen LogP contribution in [0, 0.1) is 0 Å². The van der Waals surface area contributed by atoms with E-state index in [9.17, 15) is 14.4 Å². The predicted octanol–water partition coefficient (Wildman–Crippen LogP) is 5.89. The van der Waals surface area contributed by atoms with Gasteiger partial charge < -0.3 is 10.6 Å². The van der Waals surface area contributed by atoms with E-state index >= 15 is 0 Å². The van der Waals surface area contributed by atoms with Crippen molar-refractivity contribution >= 4 is 66.7 Å². The van der Waals surface area contributed by atoms with Gasteiger partial charge in [0.1, 0.15) is 0 Å². The number of fused-ring (bicyclic) bond motifs is 3. The lowest BCUT2D eigenvalue weighted by Crippen LogP contribution is -2.29. The van der Waals surface area contributed by atoms with Crippen LogP contribution in [-0.4, -0.2) is 22.8 Å². The summed E-state index contributed by atoms with van der Waals surface area (Å²) in [5.41, 5.74) is 2.64. The van der Waals surface area contributed by atoms with Crippen molar-refractivity contribution in [3.05, 3.63) is 96.1 Å². The Labute approximate surface area is 197 Å². The minimum atomic E-state index is -0.382. The van der Waals surface area contributed by atoms with Crippen molar-refractivity contribution in [3.63, 3.8) is 0 Å². The standard InChI is InChI=1S/C26H16N4O3S/c31-23-19-7-3-4-8-20(19)24(32)30(23)26-29-21-12-11-18(14-22(21)34-26)28-25(33)27-17-10-9-15-5-1-2-6-16(15)13-17/h1-14H,(H2,27,28,33). The van der Waals surface area contributed by atoms with Crippen molar-refractivity contribution in [1.29, 1.82) is 0 Å². The van der Waals surface area contributed by atoms with E-state index in [1.165, 1.54) is 11.3 Å². The summed E-state index contributed by atoms with van der Waals surface area (Å²) in [6, 6.07) is 25.2. The third-order valence-corrected chi connectivity index (χ3v) is 6.63. The molecule has 4 amide bonds. The lowest BCUT2D eigenvalue weighted by molar-refractivity contribution is 0.0926. The molecule has 0 saturated carbocycles. The number of aromatic nitrogens is 1. The first-order chi connectivity index (χ1) is 16.6. The Morgan fingerprint density at radius 1 is 0.735 bits per heavy atom. The number of urea groups is 1. The number of benzene rings is 4. The maximum absolute atomic E-state index is 12.8. The number of thiazole rings is 1. The van der Waals surface area contributed by atoms with Crippen LogP contribution in [-0.2, 0) is 0 Å². The van der Waals surface area contributed by atoms with Crippen molar-refractivity contribution < 1.29 is 14.4 Å². The van der Waals surface area contributed by atoms with Crippen LogP contribution >= 0.6 is 11.3 Å². The second-order valence-corrected chi connectivity index (χ2v) is 8.82. The Kier molecular flexibility index (Phi) is 4.60. The second-order valence-electron chi connectivity index (χ2n) is 7.81. The number of carbonyl (C=O) groups is 3. The summed E-state index contributed by atoms with van der Waals surface area (Å²) in [5, 5.41) is 8.10. The van der Waals surface area contributed by atoms with Crippen LogP contribution < -0.4 is 15.5 Å². The molecule has 0 aliphatic carbocycles. The van der Waals surface area contributed by atoms with Gasteiger partial charge in [-0.3, -0.25) is 9.59 Å². The van der Waals surface area contributed by atoms with E-state index in [-0.39, 0.29) is 17.8 Å². The first kappa shape index (κ1) is 20.1. The molecule has 7 nitrogen and oxygen atoms in total. The third kappa shape index (κ3) is 3.37. The van der Waals surface area contributed by atoms with Gasteiger partial charge in [-0.2, -0.15) is 0 Å². The van der Waals surface area contributed by atoms with Crippen LogP contribution in [0.1, 0.15) is 20.7 Å². The first-order valence-corrected chi connectivity index (χ1v) is 11.3. The number of nitrogens with zero attached hydrogens (tertiary/aromatic N) is 2. The average Bonchev–Trinajstić information content (AvgIpc) is 3.37. The molecule has 0 unspecified atom stereocenters. The maximum atomic E-state index is 12.8. The van der Waals surface area contributed by atoms with Gasteiger partial charge >= 0.3 is 6.03 Å². The zero-order valence-corrected chi connectivity index (χ0v) is 18.4. The van der Waals surface area contributed by atoms with Crippen LogP contribution in [0.4, 0.5) is 21.3 Å². The van der Waals surface area contributed by atoms with Crippen LogP contribution in [0.25, 0.3) is 21.0 Å². The van der Waals surface area contributed by atoms with Gasteiger partial charge in [0, 0.05) is 11.4 Å². The SMILES string of the molecule is O=C(Nc1ccc2ccccc2c1)Nc1ccc2nc(N3C(=O)c4ccccc4C3=O)sc2c1. The van der Waals surface area contributed by atoms with Crippen LogP contribution in [0.15, 0.2) is 84.9 Å². The summed E-state index contributed by atoms with van der Waals surface area (Å²) < 4.78 is 0.745. The highest BCUT2D eigenvalue weighted by Gasteiger charge is 2.38. The molecule has 2 heterocycles. The number of hydrogen-bond donors (Lipinski definition) is 2. The van der Waals surface area contributed by atoms with Crippen LogP contribution in [0.2, 0.25) is 0 Å². The van der Waals surface area contributed by atoms with Gasteiger partial charge in [-0.15, -0.1) is 0 Å². The fourth-order valence-electron chi connectivity index (χ4n) is 4.01.